The van der Waals surface area contributed by atoms with E-state index in [1.54, 1.807) is 12.4 Å². The van der Waals surface area contributed by atoms with Crippen LogP contribution in [0.3, 0.4) is 0 Å². The number of carbonyl (C=O) groups excluding carboxylic acids is 1. The number of alkyl halides is 2. The van der Waals surface area contributed by atoms with Crippen LogP contribution in [-0.4, -0.2) is 50.6 Å². The second-order valence-electron chi connectivity index (χ2n) is 7.79. The molecule has 0 saturated carbocycles. The van der Waals surface area contributed by atoms with Crippen molar-refractivity contribution in [2.45, 2.75) is 12.5 Å². The largest absolute Gasteiger partial charge is 0.341 e. The minimum absolute atomic E-state index is 0.135. The minimum Gasteiger partial charge on any atom is -0.341 e. The van der Waals surface area contributed by atoms with Crippen molar-refractivity contribution in [3.8, 4) is 11.3 Å². The molecule has 172 valence electrons. The fourth-order valence-electron chi connectivity index (χ4n) is 3.86. The number of aromatic amines is 2. The maximum atomic E-state index is 13.0. The van der Waals surface area contributed by atoms with Crippen molar-refractivity contribution in [3.63, 3.8) is 0 Å². The van der Waals surface area contributed by atoms with Crippen molar-refractivity contribution in [3.05, 3.63) is 78.4 Å². The van der Waals surface area contributed by atoms with Crippen LogP contribution in [0.2, 0.25) is 0 Å². The second-order valence-corrected chi connectivity index (χ2v) is 7.79. The van der Waals surface area contributed by atoms with Crippen LogP contribution in [0.4, 0.5) is 8.78 Å². The van der Waals surface area contributed by atoms with Gasteiger partial charge in [-0.15, -0.1) is 0 Å². The van der Waals surface area contributed by atoms with Crippen molar-refractivity contribution in [2.75, 3.05) is 13.1 Å². The Bertz CT molecular complexity index is 1420. The molecule has 0 saturated heterocycles. The number of imidazole rings is 1. The quantitative estimate of drug-likeness (QED) is 0.281. The smallest absolute Gasteiger partial charge is 0.287 e. The summed E-state index contributed by atoms with van der Waals surface area (Å²) < 4.78 is 25.2. The molecule has 0 aliphatic carbocycles. The standard InChI is InChI=1S/C24H21F2N7O/c25-21(26)13-28-12-20(14-4-2-1-3-5-14)31-24(34)23-29-18-10-16-17(11-19(18)30-23)32-33-22(16)15-6-8-27-9-7-15/h1-11,20-21,28H,12-13H2,(H,29,30)(H,31,34)(H,32,33)/t20-/m1/s1. The molecular weight excluding hydrogens is 440 g/mol. The van der Waals surface area contributed by atoms with E-state index in [-0.39, 0.29) is 12.4 Å². The van der Waals surface area contributed by atoms with Crippen LogP contribution in [-0.2, 0) is 0 Å². The maximum absolute atomic E-state index is 13.0. The maximum Gasteiger partial charge on any atom is 0.287 e. The summed E-state index contributed by atoms with van der Waals surface area (Å²) in [5.41, 5.74) is 4.57. The SMILES string of the molecule is O=C(N[C@H](CNCC(F)F)c1ccccc1)c1nc2cc3c(-c4ccncc4)n[nH]c3cc2[nH]1. The van der Waals surface area contributed by atoms with E-state index in [4.69, 9.17) is 0 Å². The third-order valence-corrected chi connectivity index (χ3v) is 5.49. The number of hydrogen-bond acceptors (Lipinski definition) is 5. The Morgan fingerprint density at radius 1 is 1.00 bits per heavy atom. The molecule has 3 heterocycles. The lowest BCUT2D eigenvalue weighted by Crippen LogP contribution is -2.37. The monoisotopic (exact) mass is 461 g/mol. The molecule has 4 N–H and O–H groups in total. The number of rotatable bonds is 8. The van der Waals surface area contributed by atoms with Gasteiger partial charge >= 0.3 is 0 Å². The van der Waals surface area contributed by atoms with Gasteiger partial charge < -0.3 is 15.6 Å². The summed E-state index contributed by atoms with van der Waals surface area (Å²) in [7, 11) is 0. The van der Waals surface area contributed by atoms with Gasteiger partial charge in [0.05, 0.1) is 29.1 Å². The van der Waals surface area contributed by atoms with Crippen LogP contribution in [0.5, 0.6) is 0 Å². The molecule has 0 bridgehead atoms. The summed E-state index contributed by atoms with van der Waals surface area (Å²) in [6.07, 6.45) is 0.925. The molecule has 8 nitrogen and oxygen atoms in total. The Morgan fingerprint density at radius 2 is 1.79 bits per heavy atom. The average molecular weight is 461 g/mol. The number of nitrogens with zero attached hydrogens (tertiary/aromatic N) is 3. The molecule has 0 fully saturated rings. The molecule has 0 spiro atoms. The van der Waals surface area contributed by atoms with Gasteiger partial charge in [0.2, 0.25) is 0 Å². The first-order valence-electron chi connectivity index (χ1n) is 10.7. The van der Waals surface area contributed by atoms with Gasteiger partial charge in [0.25, 0.3) is 12.3 Å². The molecule has 1 atom stereocenters. The molecule has 34 heavy (non-hydrogen) atoms. The highest BCUT2D eigenvalue weighted by Crippen LogP contribution is 2.29. The van der Waals surface area contributed by atoms with Crippen molar-refractivity contribution >= 4 is 27.8 Å². The first-order chi connectivity index (χ1) is 16.6. The summed E-state index contributed by atoms with van der Waals surface area (Å²) in [5, 5.41) is 13.9. The zero-order valence-electron chi connectivity index (χ0n) is 17.9. The van der Waals surface area contributed by atoms with Crippen molar-refractivity contribution in [1.29, 1.82) is 0 Å². The van der Waals surface area contributed by atoms with E-state index in [0.29, 0.717) is 11.0 Å². The van der Waals surface area contributed by atoms with Gasteiger partial charge in [-0.25, -0.2) is 13.8 Å². The summed E-state index contributed by atoms with van der Waals surface area (Å²) in [4.78, 5) is 24.6. The van der Waals surface area contributed by atoms with E-state index in [1.807, 2.05) is 54.6 Å². The summed E-state index contributed by atoms with van der Waals surface area (Å²) in [5.74, 6) is -0.295. The Labute approximate surface area is 192 Å². The Morgan fingerprint density at radius 3 is 2.56 bits per heavy atom. The Balaban J connectivity index is 1.41. The highest BCUT2D eigenvalue weighted by Gasteiger charge is 2.20. The summed E-state index contributed by atoms with van der Waals surface area (Å²) in [6, 6.07) is 16.2. The first-order valence-corrected chi connectivity index (χ1v) is 10.7. The van der Waals surface area contributed by atoms with Crippen LogP contribution in [0.15, 0.2) is 67.0 Å². The van der Waals surface area contributed by atoms with Crippen LogP contribution in [0.25, 0.3) is 33.2 Å². The first kappa shape index (κ1) is 21.7. The van der Waals surface area contributed by atoms with E-state index in [1.165, 1.54) is 0 Å². The summed E-state index contributed by atoms with van der Waals surface area (Å²) >= 11 is 0. The fraction of sp³-hybridized carbons (Fsp3) is 0.167. The van der Waals surface area contributed by atoms with Gasteiger partial charge in [-0.05, 0) is 29.8 Å². The van der Waals surface area contributed by atoms with Crippen LogP contribution in [0.1, 0.15) is 22.2 Å². The molecule has 2 aromatic carbocycles. The van der Waals surface area contributed by atoms with Gasteiger partial charge in [-0.1, -0.05) is 30.3 Å². The topological polar surface area (TPSA) is 111 Å². The van der Waals surface area contributed by atoms with E-state index in [0.717, 1.165) is 27.7 Å². The van der Waals surface area contributed by atoms with Gasteiger partial charge in [0.15, 0.2) is 5.82 Å². The minimum atomic E-state index is -2.47. The van der Waals surface area contributed by atoms with E-state index >= 15 is 0 Å². The van der Waals surface area contributed by atoms with E-state index < -0.39 is 24.9 Å². The fourth-order valence-corrected chi connectivity index (χ4v) is 3.86. The number of benzene rings is 2. The molecule has 5 aromatic rings. The van der Waals surface area contributed by atoms with Crippen LogP contribution >= 0.6 is 0 Å². The number of H-pyrrole nitrogens is 2. The van der Waals surface area contributed by atoms with E-state index in [9.17, 15) is 13.6 Å². The third-order valence-electron chi connectivity index (χ3n) is 5.49. The average Bonchev–Trinajstić information content (AvgIpc) is 3.46. The predicted molar refractivity (Wildman–Crippen MR) is 124 cm³/mol. The molecule has 3 aromatic heterocycles. The second kappa shape index (κ2) is 9.36. The molecule has 0 aliphatic rings. The number of nitrogens with one attached hydrogen (secondary N) is 4. The zero-order valence-corrected chi connectivity index (χ0v) is 17.9. The number of halogens is 2. The lowest BCUT2D eigenvalue weighted by molar-refractivity contribution is 0.0925. The van der Waals surface area contributed by atoms with Gasteiger partial charge in [0, 0.05) is 29.9 Å². The van der Waals surface area contributed by atoms with Gasteiger partial charge in [-0.3, -0.25) is 14.9 Å². The zero-order chi connectivity index (χ0) is 23.5. The van der Waals surface area contributed by atoms with Crippen molar-refractivity contribution in [1.82, 2.24) is 35.8 Å². The molecule has 0 radical (unpaired) electrons. The molecule has 0 unspecified atom stereocenters. The number of aromatic nitrogens is 5. The normalized spacial score (nSPS) is 12.4. The molecule has 5 rings (SSSR count). The van der Waals surface area contributed by atoms with Gasteiger partial charge in [0.1, 0.15) is 5.69 Å². The molecular formula is C24H21F2N7O. The van der Waals surface area contributed by atoms with Crippen LogP contribution < -0.4 is 10.6 Å². The lowest BCUT2D eigenvalue weighted by Gasteiger charge is -2.19. The Hall–Kier alpha value is -4.18. The number of hydrogen-bond donors (Lipinski definition) is 4. The van der Waals surface area contributed by atoms with Crippen molar-refractivity contribution < 1.29 is 13.6 Å². The predicted octanol–water partition coefficient (Wildman–Crippen LogP) is 3.83. The van der Waals surface area contributed by atoms with E-state index in [2.05, 4.69) is 35.8 Å². The lowest BCUT2D eigenvalue weighted by atomic mass is 10.1. The highest BCUT2D eigenvalue weighted by molar-refractivity contribution is 6.02. The number of fused-ring (bicyclic) bond motifs is 2. The molecule has 10 heteroatoms. The number of amides is 1. The van der Waals surface area contributed by atoms with Crippen LogP contribution in [0, 0.1) is 0 Å². The molecule has 0 aliphatic heterocycles. The van der Waals surface area contributed by atoms with Crippen molar-refractivity contribution in [2.24, 2.45) is 0 Å². The summed E-state index contributed by atoms with van der Waals surface area (Å²) in [6.45, 7) is -0.298. The highest BCUT2D eigenvalue weighted by atomic mass is 19.3. The van der Waals surface area contributed by atoms with Gasteiger partial charge in [-0.2, -0.15) is 5.10 Å². The number of pyridine rings is 1. The number of carbonyl (C=O) groups is 1. The Kier molecular flexibility index (Phi) is 5.96. The molecule has 1 amide bonds. The third kappa shape index (κ3) is 4.48.